The van der Waals surface area contributed by atoms with Crippen LogP contribution < -0.4 is 24.3 Å². The second-order valence-electron chi connectivity index (χ2n) is 9.63. The number of carbonyl (C=O) groups is 3. The number of rotatable bonds is 13. The lowest BCUT2D eigenvalue weighted by Gasteiger charge is -2.26. The summed E-state index contributed by atoms with van der Waals surface area (Å²) in [6, 6.07) is 15.1. The minimum absolute atomic E-state index is 0.0838. The monoisotopic (exact) mass is 604 g/mol. The van der Waals surface area contributed by atoms with Gasteiger partial charge in [-0.2, -0.15) is 0 Å². The Bertz CT molecular complexity index is 1570. The van der Waals surface area contributed by atoms with E-state index >= 15 is 0 Å². The van der Waals surface area contributed by atoms with E-state index in [1.165, 1.54) is 20.3 Å². The number of hydrogen-bond acceptors (Lipinski definition) is 7. The van der Waals surface area contributed by atoms with Crippen LogP contribution in [0.15, 0.2) is 72.8 Å². The van der Waals surface area contributed by atoms with Gasteiger partial charge in [-0.15, -0.1) is 6.58 Å². The fraction of sp³-hybridized carbons (Fsp3) is 0.242. The third-order valence-electron chi connectivity index (χ3n) is 6.60. The average Bonchev–Trinajstić information content (AvgIpc) is 3.00. The smallest absolute Gasteiger partial charge is 0.331 e. The van der Waals surface area contributed by atoms with Crippen LogP contribution in [0.1, 0.15) is 35.6 Å². The van der Waals surface area contributed by atoms with Crippen molar-refractivity contribution in [2.24, 2.45) is 0 Å². The molecular formula is C33H33ClN2O7. The lowest BCUT2D eigenvalue weighted by Crippen LogP contribution is -2.53. The topological polar surface area (TPSA) is 103 Å². The lowest BCUT2D eigenvalue weighted by molar-refractivity contribution is -0.130. The van der Waals surface area contributed by atoms with Crippen molar-refractivity contribution in [3.05, 3.63) is 100 Å². The number of barbiturate groups is 1. The van der Waals surface area contributed by atoms with Crippen molar-refractivity contribution in [3.63, 3.8) is 0 Å². The van der Waals surface area contributed by atoms with Gasteiger partial charge in [0.1, 0.15) is 12.2 Å². The van der Waals surface area contributed by atoms with Crippen LogP contribution in [0.25, 0.3) is 6.08 Å². The fourth-order valence-corrected chi connectivity index (χ4v) is 4.67. The van der Waals surface area contributed by atoms with Gasteiger partial charge in [-0.05, 0) is 60.4 Å². The standard InChI is InChI=1S/C33H33ClN2O7/c1-5-9-23-15-22(18-29(41-4)30(23)43-20-24-10-7-8-11-26(24)34)16-25-31(37)35-33(39)36(32(25)38)19-21-12-13-27(42-14-6-2)28(17-21)40-3/h5,7-8,10-13,15-18H,1,6,9,14,19-20H2,2-4H3,(H,35,37,39)/b25-16+. The van der Waals surface area contributed by atoms with Crippen molar-refractivity contribution in [1.29, 1.82) is 0 Å². The van der Waals surface area contributed by atoms with Gasteiger partial charge in [0.05, 0.1) is 27.4 Å². The maximum Gasteiger partial charge on any atom is 0.331 e. The molecule has 1 saturated heterocycles. The molecule has 224 valence electrons. The van der Waals surface area contributed by atoms with Crippen LogP contribution in [-0.4, -0.2) is 43.6 Å². The summed E-state index contributed by atoms with van der Waals surface area (Å²) in [4.78, 5) is 40.0. The zero-order valence-electron chi connectivity index (χ0n) is 24.3. The van der Waals surface area contributed by atoms with E-state index < -0.39 is 17.8 Å². The molecule has 4 amide bonds. The number of amides is 4. The minimum Gasteiger partial charge on any atom is -0.493 e. The van der Waals surface area contributed by atoms with Crippen molar-refractivity contribution in [3.8, 4) is 23.0 Å². The first-order chi connectivity index (χ1) is 20.8. The molecule has 9 nitrogen and oxygen atoms in total. The van der Waals surface area contributed by atoms with E-state index in [4.69, 9.17) is 30.5 Å². The highest BCUT2D eigenvalue weighted by Crippen LogP contribution is 2.36. The van der Waals surface area contributed by atoms with Crippen molar-refractivity contribution in [2.45, 2.75) is 32.9 Å². The number of nitrogens with zero attached hydrogens (tertiary/aromatic N) is 1. The molecule has 3 aromatic rings. The molecule has 0 saturated carbocycles. The molecule has 43 heavy (non-hydrogen) atoms. The van der Waals surface area contributed by atoms with Crippen LogP contribution in [0.5, 0.6) is 23.0 Å². The highest BCUT2D eigenvalue weighted by Gasteiger charge is 2.36. The number of methoxy groups -OCH3 is 2. The molecule has 1 fully saturated rings. The number of urea groups is 1. The molecule has 4 rings (SSSR count). The zero-order chi connectivity index (χ0) is 30.9. The number of imide groups is 2. The van der Waals surface area contributed by atoms with Crippen molar-refractivity contribution < 1.29 is 33.3 Å². The van der Waals surface area contributed by atoms with Crippen LogP contribution in [0.4, 0.5) is 4.79 Å². The molecule has 0 aromatic heterocycles. The van der Waals surface area contributed by atoms with Crippen molar-refractivity contribution >= 4 is 35.5 Å². The molecule has 0 aliphatic carbocycles. The van der Waals surface area contributed by atoms with Crippen LogP contribution in [0.3, 0.4) is 0 Å². The molecule has 0 atom stereocenters. The Morgan fingerprint density at radius 2 is 1.70 bits per heavy atom. The highest BCUT2D eigenvalue weighted by atomic mass is 35.5. The Morgan fingerprint density at radius 3 is 2.40 bits per heavy atom. The Hall–Kier alpha value is -4.76. The van der Waals surface area contributed by atoms with Gasteiger partial charge < -0.3 is 18.9 Å². The van der Waals surface area contributed by atoms with Crippen LogP contribution in [-0.2, 0) is 29.2 Å². The largest absolute Gasteiger partial charge is 0.493 e. The van der Waals surface area contributed by atoms with Crippen LogP contribution in [0, 0.1) is 0 Å². The molecule has 0 bridgehead atoms. The fourth-order valence-electron chi connectivity index (χ4n) is 4.48. The second-order valence-corrected chi connectivity index (χ2v) is 10.0. The van der Waals surface area contributed by atoms with E-state index in [0.717, 1.165) is 22.4 Å². The maximum atomic E-state index is 13.5. The van der Waals surface area contributed by atoms with Gasteiger partial charge >= 0.3 is 6.03 Å². The molecule has 10 heteroatoms. The third kappa shape index (κ3) is 7.37. The molecule has 0 unspecified atom stereocenters. The van der Waals surface area contributed by atoms with E-state index in [1.54, 1.807) is 42.5 Å². The zero-order valence-corrected chi connectivity index (χ0v) is 25.0. The van der Waals surface area contributed by atoms with Crippen molar-refractivity contribution in [2.75, 3.05) is 20.8 Å². The first-order valence-electron chi connectivity index (χ1n) is 13.7. The van der Waals surface area contributed by atoms with Crippen LogP contribution in [0.2, 0.25) is 5.02 Å². The van der Waals surface area contributed by atoms with E-state index in [2.05, 4.69) is 11.9 Å². The van der Waals surface area contributed by atoms with Gasteiger partial charge in [0.25, 0.3) is 11.8 Å². The first-order valence-corrected chi connectivity index (χ1v) is 14.0. The number of hydrogen-bond donors (Lipinski definition) is 1. The Balaban J connectivity index is 1.63. The van der Waals surface area contributed by atoms with Gasteiger partial charge in [-0.25, -0.2) is 4.79 Å². The predicted octanol–water partition coefficient (Wildman–Crippen LogP) is 6.12. The Morgan fingerprint density at radius 1 is 0.930 bits per heavy atom. The van der Waals surface area contributed by atoms with E-state index in [1.807, 2.05) is 25.1 Å². The van der Waals surface area contributed by atoms with E-state index in [0.29, 0.717) is 52.2 Å². The summed E-state index contributed by atoms with van der Waals surface area (Å²) in [5, 5.41) is 2.84. The van der Waals surface area contributed by atoms with Gasteiger partial charge in [-0.1, -0.05) is 48.9 Å². The normalized spacial score (nSPS) is 14.0. The van der Waals surface area contributed by atoms with Crippen molar-refractivity contribution in [1.82, 2.24) is 10.2 Å². The van der Waals surface area contributed by atoms with Gasteiger partial charge in [0, 0.05) is 16.1 Å². The number of nitrogens with one attached hydrogen (secondary N) is 1. The molecule has 1 N–H and O–H groups in total. The summed E-state index contributed by atoms with van der Waals surface area (Å²) in [5.41, 5.74) is 2.45. The van der Waals surface area contributed by atoms with Gasteiger partial charge in [0.2, 0.25) is 0 Å². The number of halogens is 1. The van der Waals surface area contributed by atoms with Gasteiger partial charge in [0.15, 0.2) is 23.0 Å². The molecule has 1 aliphatic rings. The molecule has 0 spiro atoms. The number of allylic oxidation sites excluding steroid dienone is 1. The first kappa shape index (κ1) is 31.2. The summed E-state index contributed by atoms with van der Waals surface area (Å²) < 4.78 is 22.8. The molecule has 1 aliphatic heterocycles. The number of carbonyl (C=O) groups excluding carboxylic acids is 3. The van der Waals surface area contributed by atoms with E-state index in [-0.39, 0.29) is 18.7 Å². The minimum atomic E-state index is -0.814. The highest BCUT2D eigenvalue weighted by molar-refractivity contribution is 6.31. The Kier molecular flexibility index (Phi) is 10.5. The number of ether oxygens (including phenoxy) is 4. The molecular weight excluding hydrogens is 572 g/mol. The van der Waals surface area contributed by atoms with Crippen LogP contribution >= 0.6 is 11.6 Å². The number of benzene rings is 3. The van der Waals surface area contributed by atoms with Gasteiger partial charge in [-0.3, -0.25) is 19.8 Å². The third-order valence-corrected chi connectivity index (χ3v) is 6.96. The summed E-state index contributed by atoms with van der Waals surface area (Å²) in [6.07, 6.45) is 4.39. The summed E-state index contributed by atoms with van der Waals surface area (Å²) in [7, 11) is 3.01. The summed E-state index contributed by atoms with van der Waals surface area (Å²) in [6.45, 7) is 6.47. The summed E-state index contributed by atoms with van der Waals surface area (Å²) >= 11 is 6.29. The molecule has 1 heterocycles. The Labute approximate surface area is 255 Å². The predicted molar refractivity (Wildman–Crippen MR) is 164 cm³/mol. The van der Waals surface area contributed by atoms with E-state index in [9.17, 15) is 14.4 Å². The molecule has 0 radical (unpaired) electrons. The molecule has 3 aromatic carbocycles. The second kappa shape index (κ2) is 14.4. The SMILES string of the molecule is C=CCc1cc(/C=C2\C(=O)NC(=O)N(Cc3ccc(OCCC)c(OC)c3)C2=O)cc(OC)c1OCc1ccccc1Cl. The quantitative estimate of drug-likeness (QED) is 0.142. The average molecular weight is 605 g/mol. The summed E-state index contributed by atoms with van der Waals surface area (Å²) in [5.74, 6) is 0.384. The maximum absolute atomic E-state index is 13.5. The lowest BCUT2D eigenvalue weighted by atomic mass is 10.0.